The van der Waals surface area contributed by atoms with E-state index in [4.69, 9.17) is 0 Å². The second-order valence-corrected chi connectivity index (χ2v) is 3.72. The lowest BCUT2D eigenvalue weighted by Crippen LogP contribution is -1.83. The van der Waals surface area contributed by atoms with Gasteiger partial charge in [0.15, 0.2) is 0 Å². The van der Waals surface area contributed by atoms with Crippen LogP contribution >= 0.6 is 27.7 Å². The van der Waals surface area contributed by atoms with Crippen LogP contribution in [0.4, 0.5) is 0 Å². The lowest BCUT2D eigenvalue weighted by Gasteiger charge is -2.06. The summed E-state index contributed by atoms with van der Waals surface area (Å²) in [6.45, 7) is 0. The molecule has 1 rings (SSSR count). The Morgan fingerprint density at radius 2 is 2.44 bits per heavy atom. The topological polar surface area (TPSA) is 0 Å². The Bertz CT molecular complexity index is 158. The van der Waals surface area contributed by atoms with Crippen molar-refractivity contribution in [3.05, 3.63) is 21.5 Å². The molecule has 0 aromatic carbocycles. The first-order chi connectivity index (χ1) is 4.34. The van der Waals surface area contributed by atoms with Gasteiger partial charge in [-0.05, 0) is 19.1 Å². The fourth-order valence-corrected chi connectivity index (χ4v) is 2.20. The molecule has 0 amide bonds. The van der Waals surface area contributed by atoms with Crippen molar-refractivity contribution >= 4 is 27.7 Å². The molecule has 50 valence electrons. The third kappa shape index (κ3) is 1.87. The molecule has 0 radical (unpaired) electrons. The number of hydrogen-bond donors (Lipinski definition) is 0. The molecule has 0 aromatic rings. The van der Waals surface area contributed by atoms with Crippen LogP contribution in [0.2, 0.25) is 0 Å². The third-order valence-corrected chi connectivity index (χ3v) is 3.20. The summed E-state index contributed by atoms with van der Waals surface area (Å²) in [5.41, 5.74) is 0. The molecule has 0 saturated heterocycles. The third-order valence-electron chi connectivity index (χ3n) is 1.29. The molecule has 2 heteroatoms. The molecule has 0 fully saturated rings. The van der Waals surface area contributed by atoms with Gasteiger partial charge in [-0.3, -0.25) is 0 Å². The van der Waals surface area contributed by atoms with Gasteiger partial charge in [-0.1, -0.05) is 28.1 Å². The molecule has 9 heavy (non-hydrogen) atoms. The van der Waals surface area contributed by atoms with Crippen LogP contribution in [0.1, 0.15) is 12.8 Å². The van der Waals surface area contributed by atoms with E-state index in [0.29, 0.717) is 0 Å². The van der Waals surface area contributed by atoms with Crippen molar-refractivity contribution in [3.63, 3.8) is 0 Å². The van der Waals surface area contributed by atoms with Gasteiger partial charge in [0.2, 0.25) is 0 Å². The molecule has 0 spiro atoms. The van der Waals surface area contributed by atoms with Crippen molar-refractivity contribution in [1.82, 2.24) is 0 Å². The Kier molecular flexibility index (Phi) is 2.86. The normalized spacial score (nSPS) is 18.9. The second kappa shape index (κ2) is 3.47. The van der Waals surface area contributed by atoms with Crippen LogP contribution < -0.4 is 0 Å². The van der Waals surface area contributed by atoms with E-state index < -0.39 is 0 Å². The molecule has 0 N–H and O–H groups in total. The summed E-state index contributed by atoms with van der Waals surface area (Å²) >= 11 is 5.32. The Morgan fingerprint density at radius 1 is 1.67 bits per heavy atom. The summed E-state index contributed by atoms with van der Waals surface area (Å²) in [7, 11) is 0. The molecular weight excluding hydrogens is 196 g/mol. The Hall–Kier alpha value is 0.310. The van der Waals surface area contributed by atoms with E-state index in [1.165, 1.54) is 22.2 Å². The maximum Gasteiger partial charge on any atom is 0.0167 e. The molecule has 0 atom stereocenters. The number of allylic oxidation sites excluding steroid dienone is 3. The number of halogens is 1. The molecular formula is C7H9BrS. The maximum atomic E-state index is 3.52. The molecule has 0 nitrogen and oxygen atoms in total. The highest BCUT2D eigenvalue weighted by molar-refractivity contribution is 9.11. The monoisotopic (exact) mass is 204 g/mol. The summed E-state index contributed by atoms with van der Waals surface area (Å²) in [5.74, 6) is 0. The van der Waals surface area contributed by atoms with Gasteiger partial charge in [-0.2, -0.15) is 0 Å². The minimum Gasteiger partial charge on any atom is -0.129 e. The van der Waals surface area contributed by atoms with Crippen LogP contribution in [0.25, 0.3) is 0 Å². The molecule has 0 bridgehead atoms. The zero-order chi connectivity index (χ0) is 6.69. The van der Waals surface area contributed by atoms with E-state index in [-0.39, 0.29) is 0 Å². The van der Waals surface area contributed by atoms with Crippen LogP contribution in [-0.4, -0.2) is 6.26 Å². The molecule has 1 aliphatic rings. The maximum absolute atomic E-state index is 3.52. The quantitative estimate of drug-likeness (QED) is 0.632. The first-order valence-corrected chi connectivity index (χ1v) is 4.95. The van der Waals surface area contributed by atoms with E-state index in [1.54, 1.807) is 11.8 Å². The molecule has 0 aromatic heterocycles. The molecule has 0 saturated carbocycles. The summed E-state index contributed by atoms with van der Waals surface area (Å²) in [6.07, 6.45) is 8.86. The lowest BCUT2D eigenvalue weighted by atomic mass is 10.2. The van der Waals surface area contributed by atoms with E-state index in [9.17, 15) is 0 Å². The number of rotatable bonds is 1. The minimum absolute atomic E-state index is 1.17. The van der Waals surface area contributed by atoms with Gasteiger partial charge < -0.3 is 0 Å². The van der Waals surface area contributed by atoms with Crippen LogP contribution in [0.5, 0.6) is 0 Å². The largest absolute Gasteiger partial charge is 0.129 e. The smallest absolute Gasteiger partial charge is 0.0167 e. The summed E-state index contributed by atoms with van der Waals surface area (Å²) in [4.78, 5) is 1.38. The van der Waals surface area contributed by atoms with Gasteiger partial charge in [0.05, 0.1) is 0 Å². The summed E-state index contributed by atoms with van der Waals surface area (Å²) in [5, 5.41) is 0. The van der Waals surface area contributed by atoms with Gasteiger partial charge in [0.25, 0.3) is 0 Å². The van der Waals surface area contributed by atoms with Gasteiger partial charge in [-0.15, -0.1) is 11.8 Å². The predicted molar refractivity (Wildman–Crippen MR) is 47.8 cm³/mol. The number of thioether (sulfide) groups is 1. The minimum atomic E-state index is 1.17. The average Bonchev–Trinajstić information content (AvgIpc) is 1.89. The Labute approximate surface area is 68.5 Å². The van der Waals surface area contributed by atoms with Crippen molar-refractivity contribution in [2.45, 2.75) is 12.8 Å². The predicted octanol–water partition coefficient (Wildman–Crippen LogP) is 3.31. The van der Waals surface area contributed by atoms with Crippen LogP contribution in [-0.2, 0) is 0 Å². The van der Waals surface area contributed by atoms with Crippen molar-refractivity contribution < 1.29 is 0 Å². The first-order valence-electron chi connectivity index (χ1n) is 2.94. The summed E-state index contributed by atoms with van der Waals surface area (Å²) in [6, 6.07) is 0. The van der Waals surface area contributed by atoms with E-state index >= 15 is 0 Å². The number of hydrogen-bond acceptors (Lipinski definition) is 1. The Morgan fingerprint density at radius 3 is 2.89 bits per heavy atom. The zero-order valence-corrected chi connectivity index (χ0v) is 7.76. The van der Waals surface area contributed by atoms with E-state index in [1.807, 2.05) is 0 Å². The SMILES string of the molecule is CSC1=C(Br)CCC=C1. The van der Waals surface area contributed by atoms with Crippen molar-refractivity contribution in [2.75, 3.05) is 6.26 Å². The molecule has 0 aliphatic heterocycles. The van der Waals surface area contributed by atoms with Crippen LogP contribution in [0.15, 0.2) is 21.5 Å². The van der Waals surface area contributed by atoms with Crippen molar-refractivity contribution in [2.24, 2.45) is 0 Å². The Balaban J connectivity index is 2.72. The second-order valence-electron chi connectivity index (χ2n) is 1.91. The molecule has 0 heterocycles. The highest BCUT2D eigenvalue weighted by atomic mass is 79.9. The summed E-state index contributed by atoms with van der Waals surface area (Å²) < 4.78 is 1.36. The van der Waals surface area contributed by atoms with E-state index in [2.05, 4.69) is 34.3 Å². The van der Waals surface area contributed by atoms with Crippen LogP contribution in [0.3, 0.4) is 0 Å². The fraction of sp³-hybridized carbons (Fsp3) is 0.429. The highest BCUT2D eigenvalue weighted by Crippen LogP contribution is 2.29. The van der Waals surface area contributed by atoms with Gasteiger partial charge >= 0.3 is 0 Å². The van der Waals surface area contributed by atoms with Gasteiger partial charge in [0.1, 0.15) is 0 Å². The lowest BCUT2D eigenvalue weighted by molar-refractivity contribution is 1.02. The fourth-order valence-electron chi connectivity index (χ4n) is 0.793. The van der Waals surface area contributed by atoms with Gasteiger partial charge in [0, 0.05) is 9.39 Å². The molecule has 1 aliphatic carbocycles. The van der Waals surface area contributed by atoms with Gasteiger partial charge in [-0.25, -0.2) is 0 Å². The van der Waals surface area contributed by atoms with Crippen molar-refractivity contribution in [3.8, 4) is 0 Å². The highest BCUT2D eigenvalue weighted by Gasteiger charge is 2.02. The van der Waals surface area contributed by atoms with Crippen molar-refractivity contribution in [1.29, 1.82) is 0 Å². The van der Waals surface area contributed by atoms with E-state index in [0.717, 1.165) is 0 Å². The zero-order valence-electron chi connectivity index (χ0n) is 5.36. The molecule has 0 unspecified atom stereocenters. The standard InChI is InChI=1S/C7H9BrS/c1-9-7-5-3-2-4-6(7)8/h3,5H,2,4H2,1H3. The first kappa shape index (κ1) is 7.42. The van der Waals surface area contributed by atoms with Crippen LogP contribution in [0, 0.1) is 0 Å². The average molecular weight is 205 g/mol.